The first-order valence-corrected chi connectivity index (χ1v) is 6.17. The molecule has 0 spiro atoms. The molecule has 2 nitrogen and oxygen atoms in total. The molecule has 3 heteroatoms. The number of aliphatic carboxylic acids is 1. The molecule has 0 amide bonds. The summed E-state index contributed by atoms with van der Waals surface area (Å²) in [7, 11) is 0. The molecule has 0 aliphatic carbocycles. The van der Waals surface area contributed by atoms with Crippen LogP contribution < -0.4 is 0 Å². The van der Waals surface area contributed by atoms with Gasteiger partial charge in [-0.1, -0.05) is 32.6 Å². The first-order chi connectivity index (χ1) is 8.50. The SMILES string of the molecule is C=C(CCCC(=O)O)c1ccc(C)cc1F.CC. The van der Waals surface area contributed by atoms with Crippen molar-refractivity contribution in [3.8, 4) is 0 Å². The topological polar surface area (TPSA) is 37.3 Å². The average Bonchev–Trinajstić information content (AvgIpc) is 2.30. The van der Waals surface area contributed by atoms with E-state index in [1.54, 1.807) is 6.07 Å². The molecular formula is C15H21FO2. The summed E-state index contributed by atoms with van der Waals surface area (Å²) in [5.41, 5.74) is 1.99. The molecule has 0 aromatic heterocycles. The molecule has 0 radical (unpaired) electrons. The number of carboxylic acids is 1. The van der Waals surface area contributed by atoms with Crippen LogP contribution in [-0.4, -0.2) is 11.1 Å². The van der Waals surface area contributed by atoms with Crippen LogP contribution in [0, 0.1) is 12.7 Å². The maximum Gasteiger partial charge on any atom is 0.303 e. The van der Waals surface area contributed by atoms with E-state index in [0.717, 1.165) is 5.56 Å². The van der Waals surface area contributed by atoms with Crippen molar-refractivity contribution in [3.05, 3.63) is 41.7 Å². The van der Waals surface area contributed by atoms with Crippen LogP contribution in [-0.2, 0) is 4.79 Å². The zero-order valence-corrected chi connectivity index (χ0v) is 11.3. The van der Waals surface area contributed by atoms with Crippen LogP contribution in [0.2, 0.25) is 0 Å². The highest BCUT2D eigenvalue weighted by Crippen LogP contribution is 2.22. The summed E-state index contributed by atoms with van der Waals surface area (Å²) < 4.78 is 13.5. The van der Waals surface area contributed by atoms with Gasteiger partial charge in [-0.2, -0.15) is 0 Å². The van der Waals surface area contributed by atoms with Crippen molar-refractivity contribution in [1.82, 2.24) is 0 Å². The van der Waals surface area contributed by atoms with Crippen molar-refractivity contribution in [2.75, 3.05) is 0 Å². The average molecular weight is 252 g/mol. The first kappa shape index (κ1) is 16.4. The number of hydrogen-bond donors (Lipinski definition) is 1. The minimum Gasteiger partial charge on any atom is -0.481 e. The fourth-order valence-electron chi connectivity index (χ4n) is 1.49. The van der Waals surface area contributed by atoms with Gasteiger partial charge in [0.05, 0.1) is 0 Å². The predicted octanol–water partition coefficient (Wildman–Crippen LogP) is 4.43. The molecule has 0 saturated carbocycles. The van der Waals surface area contributed by atoms with E-state index >= 15 is 0 Å². The molecule has 0 unspecified atom stereocenters. The highest BCUT2D eigenvalue weighted by atomic mass is 19.1. The summed E-state index contributed by atoms with van der Waals surface area (Å²) in [5, 5.41) is 8.48. The zero-order valence-electron chi connectivity index (χ0n) is 11.3. The fourth-order valence-corrected chi connectivity index (χ4v) is 1.49. The Balaban J connectivity index is 0.00000137. The Hall–Kier alpha value is -1.64. The Bertz CT molecular complexity index is 411. The lowest BCUT2D eigenvalue weighted by atomic mass is 10.0. The molecule has 1 rings (SSSR count). The second-order valence-corrected chi connectivity index (χ2v) is 3.83. The van der Waals surface area contributed by atoms with Gasteiger partial charge in [-0.3, -0.25) is 4.79 Å². The monoisotopic (exact) mass is 252 g/mol. The van der Waals surface area contributed by atoms with Crippen molar-refractivity contribution in [2.45, 2.75) is 40.0 Å². The molecule has 0 heterocycles. The van der Waals surface area contributed by atoms with Gasteiger partial charge < -0.3 is 5.11 Å². The number of carboxylic acid groups (broad SMARTS) is 1. The van der Waals surface area contributed by atoms with Crippen LogP contribution in [0.15, 0.2) is 24.8 Å². The number of allylic oxidation sites excluding steroid dienone is 1. The molecule has 0 bridgehead atoms. The van der Waals surface area contributed by atoms with E-state index in [-0.39, 0.29) is 12.2 Å². The van der Waals surface area contributed by atoms with Gasteiger partial charge in [0.1, 0.15) is 5.82 Å². The third-order valence-electron chi connectivity index (χ3n) is 2.37. The minimum atomic E-state index is -0.836. The highest BCUT2D eigenvalue weighted by Gasteiger charge is 2.06. The van der Waals surface area contributed by atoms with E-state index in [1.807, 2.05) is 26.8 Å². The van der Waals surface area contributed by atoms with Crippen molar-refractivity contribution in [2.24, 2.45) is 0 Å². The minimum absolute atomic E-state index is 0.0898. The second-order valence-electron chi connectivity index (χ2n) is 3.83. The molecule has 18 heavy (non-hydrogen) atoms. The molecule has 100 valence electrons. The first-order valence-electron chi connectivity index (χ1n) is 6.17. The number of aryl methyl sites for hydroxylation is 1. The summed E-state index contributed by atoms with van der Waals surface area (Å²) in [6.45, 7) is 9.60. The van der Waals surface area contributed by atoms with Crippen molar-refractivity contribution in [1.29, 1.82) is 0 Å². The predicted molar refractivity (Wildman–Crippen MR) is 73.0 cm³/mol. The van der Waals surface area contributed by atoms with Gasteiger partial charge >= 0.3 is 5.97 Å². The number of hydrogen-bond acceptors (Lipinski definition) is 1. The Morgan fingerprint density at radius 1 is 1.33 bits per heavy atom. The summed E-state index contributed by atoms with van der Waals surface area (Å²) >= 11 is 0. The zero-order chi connectivity index (χ0) is 14.1. The number of halogens is 1. The fraction of sp³-hybridized carbons (Fsp3) is 0.400. The van der Waals surface area contributed by atoms with E-state index in [4.69, 9.17) is 5.11 Å². The lowest BCUT2D eigenvalue weighted by molar-refractivity contribution is -0.137. The van der Waals surface area contributed by atoms with Crippen LogP contribution in [0.3, 0.4) is 0 Å². The maximum absolute atomic E-state index is 13.5. The third-order valence-corrected chi connectivity index (χ3v) is 2.37. The van der Waals surface area contributed by atoms with Crippen molar-refractivity contribution >= 4 is 11.5 Å². The van der Waals surface area contributed by atoms with Gasteiger partial charge in [0.15, 0.2) is 0 Å². The summed E-state index contributed by atoms with van der Waals surface area (Å²) in [4.78, 5) is 10.3. The molecule has 1 N–H and O–H groups in total. The lowest BCUT2D eigenvalue weighted by Crippen LogP contribution is -1.95. The van der Waals surface area contributed by atoms with Crippen molar-refractivity contribution in [3.63, 3.8) is 0 Å². The van der Waals surface area contributed by atoms with Crippen LogP contribution in [0.4, 0.5) is 4.39 Å². The lowest BCUT2D eigenvalue weighted by Gasteiger charge is -2.07. The van der Waals surface area contributed by atoms with Gasteiger partial charge in [-0.05, 0) is 37.0 Å². The van der Waals surface area contributed by atoms with Crippen LogP contribution >= 0.6 is 0 Å². The van der Waals surface area contributed by atoms with Crippen molar-refractivity contribution < 1.29 is 14.3 Å². The van der Waals surface area contributed by atoms with Gasteiger partial charge in [-0.15, -0.1) is 0 Å². The quantitative estimate of drug-likeness (QED) is 0.841. The molecule has 0 aliphatic heterocycles. The Labute approximate surface area is 108 Å². The maximum atomic E-state index is 13.5. The second kappa shape index (κ2) is 8.45. The Kier molecular flexibility index (Phi) is 7.68. The van der Waals surface area contributed by atoms with Gasteiger partial charge in [-0.25, -0.2) is 4.39 Å². The number of carbonyl (C=O) groups is 1. The van der Waals surface area contributed by atoms with E-state index in [1.165, 1.54) is 6.07 Å². The summed E-state index contributed by atoms with van der Waals surface area (Å²) in [5.74, 6) is -1.13. The molecule has 0 fully saturated rings. The smallest absolute Gasteiger partial charge is 0.303 e. The number of rotatable bonds is 5. The normalized spacial score (nSPS) is 9.33. The highest BCUT2D eigenvalue weighted by molar-refractivity contribution is 5.68. The third kappa shape index (κ3) is 5.62. The van der Waals surface area contributed by atoms with Crippen LogP contribution in [0.25, 0.3) is 5.57 Å². The number of benzene rings is 1. The van der Waals surface area contributed by atoms with E-state index in [9.17, 15) is 9.18 Å². The molecule has 0 saturated heterocycles. The van der Waals surface area contributed by atoms with Gasteiger partial charge in [0.25, 0.3) is 0 Å². The molecule has 1 aromatic rings. The standard InChI is InChI=1S/C13H15FO2.C2H6/c1-9-6-7-11(12(14)8-9)10(2)4-3-5-13(15)16;1-2/h6-8H,2-5H2,1H3,(H,15,16);1-2H3. The van der Waals surface area contributed by atoms with Gasteiger partial charge in [0, 0.05) is 12.0 Å². The molecule has 0 atom stereocenters. The molecule has 0 aliphatic rings. The van der Waals surface area contributed by atoms with E-state index < -0.39 is 5.97 Å². The Morgan fingerprint density at radius 2 is 1.94 bits per heavy atom. The van der Waals surface area contributed by atoms with E-state index in [0.29, 0.717) is 24.0 Å². The van der Waals surface area contributed by atoms with Crippen LogP contribution in [0.1, 0.15) is 44.2 Å². The van der Waals surface area contributed by atoms with Gasteiger partial charge in [0.2, 0.25) is 0 Å². The van der Waals surface area contributed by atoms with E-state index in [2.05, 4.69) is 6.58 Å². The molecule has 1 aromatic carbocycles. The summed E-state index contributed by atoms with van der Waals surface area (Å²) in [6, 6.07) is 4.96. The molecular weight excluding hydrogens is 231 g/mol. The largest absolute Gasteiger partial charge is 0.481 e. The van der Waals surface area contributed by atoms with Crippen LogP contribution in [0.5, 0.6) is 0 Å². The summed E-state index contributed by atoms with van der Waals surface area (Å²) in [6.07, 6.45) is 1.08. The Morgan fingerprint density at radius 3 is 2.44 bits per heavy atom.